The molecule has 5 rings (SSSR count). The molecule has 23 heavy (non-hydrogen) atoms. The fourth-order valence-corrected chi connectivity index (χ4v) is 4.81. The van der Waals surface area contributed by atoms with Crippen molar-refractivity contribution in [1.29, 1.82) is 0 Å². The minimum Gasteiger partial charge on any atom is -0.352 e. The quantitative estimate of drug-likeness (QED) is 0.938. The highest BCUT2D eigenvalue weighted by atomic mass is 32.1. The van der Waals surface area contributed by atoms with Gasteiger partial charge in [0.1, 0.15) is 0 Å². The molecule has 2 aromatic rings. The number of hydrogen-bond acceptors (Lipinski definition) is 4. The molecular weight excluding hydrogens is 306 g/mol. The predicted octanol–water partition coefficient (Wildman–Crippen LogP) is 2.61. The van der Waals surface area contributed by atoms with Crippen LogP contribution in [0.15, 0.2) is 18.2 Å². The van der Waals surface area contributed by atoms with E-state index >= 15 is 0 Å². The number of nitrogens with zero attached hydrogens (tertiary/aromatic N) is 2. The van der Waals surface area contributed by atoms with E-state index in [4.69, 9.17) is 0 Å². The second kappa shape index (κ2) is 6.21. The van der Waals surface area contributed by atoms with Crippen molar-refractivity contribution in [3.05, 3.63) is 29.5 Å². The zero-order valence-corrected chi connectivity index (χ0v) is 14.4. The Morgan fingerprint density at radius 2 is 2.22 bits per heavy atom. The van der Waals surface area contributed by atoms with E-state index in [1.54, 1.807) is 11.5 Å². The molecule has 2 bridgehead atoms. The normalized spacial score (nSPS) is 26.6. The van der Waals surface area contributed by atoms with Crippen LogP contribution in [0.1, 0.15) is 31.0 Å². The van der Waals surface area contributed by atoms with Gasteiger partial charge in [0, 0.05) is 18.0 Å². The number of benzene rings is 1. The van der Waals surface area contributed by atoms with Gasteiger partial charge in [-0.15, -0.1) is 0 Å². The largest absolute Gasteiger partial charge is 0.352 e. The van der Waals surface area contributed by atoms with Crippen molar-refractivity contribution in [3.63, 3.8) is 0 Å². The van der Waals surface area contributed by atoms with Gasteiger partial charge in [0.25, 0.3) is 0 Å². The van der Waals surface area contributed by atoms with Crippen LogP contribution in [0.4, 0.5) is 0 Å². The lowest BCUT2D eigenvalue weighted by atomic mass is 9.84. The van der Waals surface area contributed by atoms with Gasteiger partial charge >= 0.3 is 0 Å². The summed E-state index contributed by atoms with van der Waals surface area (Å²) in [4.78, 5) is 14.9. The molecule has 3 fully saturated rings. The topological polar surface area (TPSA) is 45.2 Å². The maximum Gasteiger partial charge on any atom is 0.224 e. The van der Waals surface area contributed by atoms with Crippen molar-refractivity contribution in [2.45, 2.75) is 38.6 Å². The maximum atomic E-state index is 12.4. The van der Waals surface area contributed by atoms with Crippen molar-refractivity contribution < 1.29 is 4.79 Å². The van der Waals surface area contributed by atoms with Gasteiger partial charge in [-0.25, -0.2) is 0 Å². The smallest absolute Gasteiger partial charge is 0.224 e. The van der Waals surface area contributed by atoms with Crippen LogP contribution in [0.2, 0.25) is 0 Å². The zero-order chi connectivity index (χ0) is 15.8. The van der Waals surface area contributed by atoms with E-state index in [0.29, 0.717) is 18.4 Å². The molecule has 0 unspecified atom stereocenters. The number of piperidine rings is 3. The number of rotatable bonds is 4. The molecule has 122 valence electrons. The van der Waals surface area contributed by atoms with E-state index in [1.807, 2.05) is 0 Å². The van der Waals surface area contributed by atoms with E-state index in [-0.39, 0.29) is 5.91 Å². The molecule has 1 aromatic carbocycles. The van der Waals surface area contributed by atoms with Gasteiger partial charge in [-0.2, -0.15) is 4.37 Å². The number of carbonyl (C=O) groups is 1. The Balaban J connectivity index is 1.44. The summed E-state index contributed by atoms with van der Waals surface area (Å²) in [5.74, 6) is 0.837. The molecule has 3 aliphatic rings. The molecule has 0 radical (unpaired) electrons. The van der Waals surface area contributed by atoms with Gasteiger partial charge in [0.05, 0.1) is 16.8 Å². The maximum absolute atomic E-state index is 12.4. The fraction of sp³-hybridized carbons (Fsp3) is 0.556. The predicted molar refractivity (Wildman–Crippen MR) is 93.8 cm³/mol. The Bertz CT molecular complexity index is 718. The van der Waals surface area contributed by atoms with Crippen molar-refractivity contribution >= 4 is 27.5 Å². The minimum absolute atomic E-state index is 0.157. The third kappa shape index (κ3) is 3.00. The van der Waals surface area contributed by atoms with Crippen molar-refractivity contribution in [3.8, 4) is 0 Å². The molecule has 5 heteroatoms. The Labute approximate surface area is 141 Å². The molecule has 4 heterocycles. The van der Waals surface area contributed by atoms with Crippen molar-refractivity contribution in [2.75, 3.05) is 19.6 Å². The summed E-state index contributed by atoms with van der Waals surface area (Å²) in [6.45, 7) is 5.57. The molecule has 0 saturated carbocycles. The second-order valence-electron chi connectivity index (χ2n) is 6.80. The Morgan fingerprint density at radius 1 is 1.39 bits per heavy atom. The highest BCUT2D eigenvalue weighted by Crippen LogP contribution is 2.28. The van der Waals surface area contributed by atoms with Gasteiger partial charge in [0.15, 0.2) is 0 Å². The lowest BCUT2D eigenvalue weighted by Crippen LogP contribution is -2.57. The zero-order valence-electron chi connectivity index (χ0n) is 13.5. The number of aryl methyl sites for hydroxylation is 1. The molecule has 3 saturated heterocycles. The van der Waals surface area contributed by atoms with E-state index in [0.717, 1.165) is 24.2 Å². The average molecular weight is 329 g/mol. The fourth-order valence-electron chi connectivity index (χ4n) is 3.97. The Kier molecular flexibility index (Phi) is 4.07. The number of hydrogen-bond donors (Lipinski definition) is 1. The number of aromatic nitrogens is 1. The summed E-state index contributed by atoms with van der Waals surface area (Å²) in [6.07, 6.45) is 3.88. The highest BCUT2D eigenvalue weighted by molar-refractivity contribution is 7.13. The molecule has 1 amide bonds. The highest BCUT2D eigenvalue weighted by Gasteiger charge is 2.34. The average Bonchev–Trinajstić information content (AvgIpc) is 2.98. The van der Waals surface area contributed by atoms with Gasteiger partial charge in [-0.05, 0) is 67.5 Å². The molecule has 1 aromatic heterocycles. The first kappa shape index (κ1) is 15.1. The molecule has 3 aliphatic heterocycles. The summed E-state index contributed by atoms with van der Waals surface area (Å²) < 4.78 is 5.70. The van der Waals surface area contributed by atoms with E-state index in [1.165, 1.54) is 36.0 Å². The van der Waals surface area contributed by atoms with Crippen LogP contribution in [0, 0.1) is 5.92 Å². The van der Waals surface area contributed by atoms with Crippen LogP contribution in [-0.2, 0) is 17.6 Å². The molecule has 0 spiro atoms. The van der Waals surface area contributed by atoms with Crippen LogP contribution in [0.3, 0.4) is 0 Å². The lowest BCUT2D eigenvalue weighted by Gasteiger charge is -2.44. The summed E-state index contributed by atoms with van der Waals surface area (Å²) >= 11 is 1.55. The van der Waals surface area contributed by atoms with Gasteiger partial charge < -0.3 is 10.2 Å². The minimum atomic E-state index is 0.157. The third-order valence-electron chi connectivity index (χ3n) is 5.31. The van der Waals surface area contributed by atoms with Crippen molar-refractivity contribution in [1.82, 2.24) is 14.6 Å². The summed E-state index contributed by atoms with van der Waals surface area (Å²) in [5.41, 5.74) is 2.23. The van der Waals surface area contributed by atoms with Gasteiger partial charge in [-0.3, -0.25) is 4.79 Å². The van der Waals surface area contributed by atoms with Crippen LogP contribution in [-0.4, -0.2) is 40.9 Å². The Morgan fingerprint density at radius 3 is 2.91 bits per heavy atom. The monoisotopic (exact) mass is 329 g/mol. The third-order valence-corrected chi connectivity index (χ3v) is 6.18. The van der Waals surface area contributed by atoms with E-state index < -0.39 is 0 Å². The number of nitrogens with one attached hydrogen (secondary N) is 1. The molecular formula is C18H23N3OS. The van der Waals surface area contributed by atoms with Gasteiger partial charge in [-0.1, -0.05) is 13.0 Å². The van der Waals surface area contributed by atoms with Crippen LogP contribution < -0.4 is 5.32 Å². The molecule has 4 nitrogen and oxygen atoms in total. The van der Waals surface area contributed by atoms with Crippen molar-refractivity contribution in [2.24, 2.45) is 5.92 Å². The standard InChI is InChI=1S/C18H23N3OS/c1-2-15-14-9-12(3-4-17(14)23-20-15)10-18(22)19-16-11-21-7-5-13(16)6-8-21/h3-4,9,13,16H,2,5-8,10-11H2,1H3,(H,19,22)/t16-/m0/s1. The first-order valence-electron chi connectivity index (χ1n) is 8.62. The Hall–Kier alpha value is -1.46. The van der Waals surface area contributed by atoms with E-state index in [9.17, 15) is 4.79 Å². The van der Waals surface area contributed by atoms with E-state index in [2.05, 4.69) is 39.7 Å². The first-order valence-corrected chi connectivity index (χ1v) is 9.39. The SMILES string of the molecule is CCc1nsc2ccc(CC(=O)N[C@H]3CN4CCC3CC4)cc12. The summed E-state index contributed by atoms with van der Waals surface area (Å²) in [6, 6.07) is 6.66. The number of amides is 1. The second-order valence-corrected chi connectivity index (χ2v) is 7.61. The summed E-state index contributed by atoms with van der Waals surface area (Å²) in [7, 11) is 0. The van der Waals surface area contributed by atoms with Gasteiger partial charge in [0.2, 0.25) is 5.91 Å². The lowest BCUT2D eigenvalue weighted by molar-refractivity contribution is -0.122. The first-order chi connectivity index (χ1) is 11.2. The van der Waals surface area contributed by atoms with Crippen LogP contribution in [0.25, 0.3) is 10.1 Å². The number of fused-ring (bicyclic) bond motifs is 4. The van der Waals surface area contributed by atoms with Crippen LogP contribution in [0.5, 0.6) is 0 Å². The molecule has 1 atom stereocenters. The molecule has 1 N–H and O–H groups in total. The molecule has 0 aliphatic carbocycles. The van der Waals surface area contributed by atoms with Crippen LogP contribution >= 0.6 is 11.5 Å². The summed E-state index contributed by atoms with van der Waals surface area (Å²) in [5, 5.41) is 4.49. The number of carbonyl (C=O) groups excluding carboxylic acids is 1.